The number of benzene rings is 2. The number of carbonyl (C=O) groups is 2. The molecule has 2 N–H and O–H groups in total. The maximum Gasteiger partial charge on any atom is 0.253 e. The van der Waals surface area contributed by atoms with Gasteiger partial charge in [0.1, 0.15) is 5.82 Å². The van der Waals surface area contributed by atoms with Crippen LogP contribution in [0, 0.1) is 11.7 Å². The average Bonchev–Trinajstić information content (AvgIpc) is 3.29. The third kappa shape index (κ3) is 4.29. The van der Waals surface area contributed by atoms with E-state index in [0.717, 1.165) is 5.56 Å². The van der Waals surface area contributed by atoms with E-state index in [1.807, 2.05) is 12.1 Å². The molecule has 0 radical (unpaired) electrons. The largest absolute Gasteiger partial charge is 0.339 e. The fourth-order valence-electron chi connectivity index (χ4n) is 3.35. The molecule has 0 atom stereocenters. The Labute approximate surface area is 166 Å². The lowest BCUT2D eigenvalue weighted by atomic mass is 9.95. The quantitative estimate of drug-likeness (QED) is 0.708. The SMILES string of the molecule is O=C(Nc1ccc(-c2nn[nH]n2)cc1)C1CCN(C(=O)c2ccc(F)cc2)CC1. The number of aromatic nitrogens is 4. The number of likely N-dealkylation sites (tertiary alicyclic amines) is 1. The molecule has 0 spiro atoms. The minimum atomic E-state index is -0.373. The Bertz CT molecular complexity index is 981. The summed E-state index contributed by atoms with van der Waals surface area (Å²) in [7, 11) is 0. The van der Waals surface area contributed by atoms with Crippen molar-refractivity contribution < 1.29 is 14.0 Å². The lowest BCUT2D eigenvalue weighted by molar-refractivity contribution is -0.121. The molecule has 0 bridgehead atoms. The Hall–Kier alpha value is -3.62. The van der Waals surface area contributed by atoms with Gasteiger partial charge in [-0.3, -0.25) is 9.59 Å². The molecule has 1 aliphatic heterocycles. The molecule has 0 aliphatic carbocycles. The summed E-state index contributed by atoms with van der Waals surface area (Å²) in [5, 5.41) is 16.7. The number of hydrogen-bond acceptors (Lipinski definition) is 5. The number of carbonyl (C=O) groups excluding carboxylic acids is 2. The summed E-state index contributed by atoms with van der Waals surface area (Å²) in [6.45, 7) is 0.982. The van der Waals surface area contributed by atoms with Crippen LogP contribution in [-0.2, 0) is 4.79 Å². The van der Waals surface area contributed by atoms with E-state index in [1.165, 1.54) is 24.3 Å². The number of anilines is 1. The van der Waals surface area contributed by atoms with Crippen molar-refractivity contribution in [3.8, 4) is 11.4 Å². The lowest BCUT2D eigenvalue weighted by Crippen LogP contribution is -2.41. The Morgan fingerprint density at radius 1 is 1.03 bits per heavy atom. The maximum atomic E-state index is 13.0. The summed E-state index contributed by atoms with van der Waals surface area (Å²) < 4.78 is 13.0. The molecule has 0 saturated carbocycles. The lowest BCUT2D eigenvalue weighted by Gasteiger charge is -2.31. The van der Waals surface area contributed by atoms with Gasteiger partial charge in [-0.05, 0) is 66.6 Å². The van der Waals surface area contributed by atoms with Crippen LogP contribution in [0.25, 0.3) is 11.4 Å². The Morgan fingerprint density at radius 3 is 2.34 bits per heavy atom. The van der Waals surface area contributed by atoms with E-state index >= 15 is 0 Å². The van der Waals surface area contributed by atoms with Crippen LogP contribution in [0.3, 0.4) is 0 Å². The van der Waals surface area contributed by atoms with Gasteiger partial charge in [-0.15, -0.1) is 10.2 Å². The van der Waals surface area contributed by atoms with Gasteiger partial charge in [0.2, 0.25) is 11.7 Å². The van der Waals surface area contributed by atoms with Crippen LogP contribution in [-0.4, -0.2) is 50.4 Å². The Balaban J connectivity index is 1.31. The van der Waals surface area contributed by atoms with Crippen LogP contribution in [0.4, 0.5) is 10.1 Å². The molecule has 4 rings (SSSR count). The van der Waals surface area contributed by atoms with Gasteiger partial charge in [0, 0.05) is 35.8 Å². The molecule has 2 heterocycles. The van der Waals surface area contributed by atoms with Gasteiger partial charge in [0.15, 0.2) is 0 Å². The zero-order valence-electron chi connectivity index (χ0n) is 15.5. The van der Waals surface area contributed by atoms with Gasteiger partial charge in [0.05, 0.1) is 0 Å². The minimum Gasteiger partial charge on any atom is -0.339 e. The fraction of sp³-hybridized carbons (Fsp3) is 0.250. The zero-order chi connectivity index (χ0) is 20.2. The number of halogens is 1. The van der Waals surface area contributed by atoms with Gasteiger partial charge < -0.3 is 10.2 Å². The summed E-state index contributed by atoms with van der Waals surface area (Å²) >= 11 is 0. The second-order valence-electron chi connectivity index (χ2n) is 6.88. The molecule has 3 aromatic rings. The van der Waals surface area contributed by atoms with Crippen LogP contribution < -0.4 is 5.32 Å². The molecular weight excluding hydrogens is 375 g/mol. The Kier molecular flexibility index (Phi) is 5.28. The predicted octanol–water partition coefficient (Wildman–Crippen LogP) is 2.50. The summed E-state index contributed by atoms with van der Waals surface area (Å²) in [4.78, 5) is 26.8. The Morgan fingerprint density at radius 2 is 1.72 bits per heavy atom. The molecule has 148 valence electrons. The van der Waals surface area contributed by atoms with Crippen LogP contribution in [0.2, 0.25) is 0 Å². The first-order valence-corrected chi connectivity index (χ1v) is 9.30. The molecule has 9 heteroatoms. The van der Waals surface area contributed by atoms with Crippen LogP contribution in [0.15, 0.2) is 48.5 Å². The van der Waals surface area contributed by atoms with E-state index in [2.05, 4.69) is 25.9 Å². The van der Waals surface area contributed by atoms with Crippen molar-refractivity contribution in [1.82, 2.24) is 25.5 Å². The van der Waals surface area contributed by atoms with E-state index in [9.17, 15) is 14.0 Å². The number of hydrogen-bond donors (Lipinski definition) is 2. The van der Waals surface area contributed by atoms with E-state index in [4.69, 9.17) is 0 Å². The van der Waals surface area contributed by atoms with Gasteiger partial charge in [0.25, 0.3) is 5.91 Å². The highest BCUT2D eigenvalue weighted by Crippen LogP contribution is 2.22. The third-order valence-electron chi connectivity index (χ3n) is 5.00. The third-order valence-corrected chi connectivity index (χ3v) is 5.00. The first-order chi connectivity index (χ1) is 14.1. The minimum absolute atomic E-state index is 0.0637. The number of tetrazole rings is 1. The van der Waals surface area contributed by atoms with E-state index in [-0.39, 0.29) is 23.5 Å². The summed E-state index contributed by atoms with van der Waals surface area (Å²) in [6.07, 6.45) is 1.17. The molecule has 2 amide bonds. The van der Waals surface area contributed by atoms with Crippen LogP contribution >= 0.6 is 0 Å². The topological polar surface area (TPSA) is 104 Å². The molecule has 29 heavy (non-hydrogen) atoms. The molecule has 1 saturated heterocycles. The normalized spacial score (nSPS) is 14.6. The smallest absolute Gasteiger partial charge is 0.253 e. The molecule has 8 nitrogen and oxygen atoms in total. The highest BCUT2D eigenvalue weighted by atomic mass is 19.1. The molecule has 2 aromatic carbocycles. The van der Waals surface area contributed by atoms with Crippen LogP contribution in [0.1, 0.15) is 23.2 Å². The monoisotopic (exact) mass is 394 g/mol. The van der Waals surface area contributed by atoms with Gasteiger partial charge in [-0.25, -0.2) is 4.39 Å². The highest BCUT2D eigenvalue weighted by Gasteiger charge is 2.28. The number of H-pyrrole nitrogens is 1. The molecular formula is C20H19FN6O2. The number of rotatable bonds is 4. The van der Waals surface area contributed by atoms with Gasteiger partial charge in [-0.2, -0.15) is 5.21 Å². The summed E-state index contributed by atoms with van der Waals surface area (Å²) in [5.41, 5.74) is 1.94. The highest BCUT2D eigenvalue weighted by molar-refractivity contribution is 5.95. The summed E-state index contributed by atoms with van der Waals surface area (Å²) in [6, 6.07) is 12.7. The predicted molar refractivity (Wildman–Crippen MR) is 103 cm³/mol. The number of aromatic amines is 1. The first kappa shape index (κ1) is 18.7. The van der Waals surface area contributed by atoms with Crippen molar-refractivity contribution in [3.05, 3.63) is 59.9 Å². The second-order valence-corrected chi connectivity index (χ2v) is 6.88. The van der Waals surface area contributed by atoms with Crippen molar-refractivity contribution in [2.45, 2.75) is 12.8 Å². The van der Waals surface area contributed by atoms with Crippen molar-refractivity contribution in [2.24, 2.45) is 5.92 Å². The average molecular weight is 394 g/mol. The van der Waals surface area contributed by atoms with Gasteiger partial charge >= 0.3 is 0 Å². The number of nitrogens with zero attached hydrogens (tertiary/aromatic N) is 4. The number of amides is 2. The fourth-order valence-corrected chi connectivity index (χ4v) is 3.35. The zero-order valence-corrected chi connectivity index (χ0v) is 15.5. The molecule has 1 aromatic heterocycles. The van der Waals surface area contributed by atoms with Gasteiger partial charge in [-0.1, -0.05) is 0 Å². The van der Waals surface area contributed by atoms with E-state index in [1.54, 1.807) is 17.0 Å². The van der Waals surface area contributed by atoms with Crippen molar-refractivity contribution >= 4 is 17.5 Å². The first-order valence-electron chi connectivity index (χ1n) is 9.30. The van der Waals surface area contributed by atoms with E-state index in [0.29, 0.717) is 43.0 Å². The molecule has 1 fully saturated rings. The van der Waals surface area contributed by atoms with Crippen molar-refractivity contribution in [3.63, 3.8) is 0 Å². The summed E-state index contributed by atoms with van der Waals surface area (Å²) in [5.74, 6) is -0.250. The van der Waals surface area contributed by atoms with E-state index < -0.39 is 0 Å². The maximum absolute atomic E-state index is 13.0. The van der Waals surface area contributed by atoms with Crippen molar-refractivity contribution in [2.75, 3.05) is 18.4 Å². The number of nitrogens with one attached hydrogen (secondary N) is 2. The molecule has 0 unspecified atom stereocenters. The van der Waals surface area contributed by atoms with Crippen LogP contribution in [0.5, 0.6) is 0 Å². The second kappa shape index (κ2) is 8.17. The molecule has 1 aliphatic rings. The standard InChI is InChI=1S/C20H19FN6O2/c21-16-5-1-15(2-6-16)20(29)27-11-9-14(10-12-27)19(28)22-17-7-3-13(4-8-17)18-23-25-26-24-18/h1-8,14H,9-12H2,(H,22,28)(H,23,24,25,26). The number of piperidine rings is 1. The van der Waals surface area contributed by atoms with Crippen molar-refractivity contribution in [1.29, 1.82) is 0 Å².